The first-order valence-corrected chi connectivity index (χ1v) is 10.3. The molecular weight excluding hydrogens is 376 g/mol. The highest BCUT2D eigenvalue weighted by Gasteiger charge is 2.25. The number of rotatable bonds is 8. The lowest BCUT2D eigenvalue weighted by Gasteiger charge is -2.24. The van der Waals surface area contributed by atoms with Gasteiger partial charge in [-0.3, -0.25) is 9.89 Å². The average molecular weight is 405 g/mol. The Morgan fingerprint density at radius 1 is 1.21 bits per heavy atom. The molecule has 0 saturated carbocycles. The molecule has 0 aliphatic carbocycles. The van der Waals surface area contributed by atoms with Crippen LogP contribution < -0.4 is 10.6 Å². The Morgan fingerprint density at radius 2 is 1.96 bits per heavy atom. The number of guanidine groups is 1. The Labute approximate surface area is 171 Å². The molecule has 7 heteroatoms. The van der Waals surface area contributed by atoms with Crippen molar-refractivity contribution in [1.82, 2.24) is 15.5 Å². The largest absolute Gasteiger partial charge is 0.468 e. The summed E-state index contributed by atoms with van der Waals surface area (Å²) >= 11 is 5.91. The van der Waals surface area contributed by atoms with Crippen LogP contribution in [0.5, 0.6) is 0 Å². The zero-order valence-electron chi connectivity index (χ0n) is 16.3. The Balaban J connectivity index is 1.62. The van der Waals surface area contributed by atoms with E-state index in [2.05, 4.69) is 15.5 Å². The fourth-order valence-electron chi connectivity index (χ4n) is 3.44. The fourth-order valence-corrected chi connectivity index (χ4v) is 3.56. The van der Waals surface area contributed by atoms with E-state index in [0.717, 1.165) is 31.0 Å². The van der Waals surface area contributed by atoms with Crippen molar-refractivity contribution in [3.8, 4) is 0 Å². The minimum atomic E-state index is -0.638. The lowest BCUT2D eigenvalue weighted by atomic mass is 10.1. The number of likely N-dealkylation sites (tertiary alicyclic amines) is 1. The molecule has 1 fully saturated rings. The number of nitrogens with one attached hydrogen (secondary N) is 2. The topological polar surface area (TPSA) is 73.0 Å². The van der Waals surface area contributed by atoms with Gasteiger partial charge in [0, 0.05) is 18.1 Å². The van der Waals surface area contributed by atoms with Gasteiger partial charge in [0.15, 0.2) is 5.96 Å². The summed E-state index contributed by atoms with van der Waals surface area (Å²) in [5, 5.41) is 17.6. The summed E-state index contributed by atoms with van der Waals surface area (Å²) in [6.07, 6.45) is 3.51. The molecule has 1 aromatic carbocycles. The Hall–Kier alpha value is -2.02. The number of benzene rings is 1. The highest BCUT2D eigenvalue weighted by atomic mass is 35.5. The first-order valence-electron chi connectivity index (χ1n) is 9.90. The van der Waals surface area contributed by atoms with Crippen LogP contribution in [0.2, 0.25) is 5.02 Å². The first-order chi connectivity index (χ1) is 13.7. The zero-order valence-corrected chi connectivity index (χ0v) is 17.0. The Bertz CT molecular complexity index is 727. The predicted molar refractivity (Wildman–Crippen MR) is 113 cm³/mol. The molecule has 28 heavy (non-hydrogen) atoms. The van der Waals surface area contributed by atoms with E-state index in [1.807, 2.05) is 31.2 Å². The van der Waals surface area contributed by atoms with Crippen LogP contribution in [0.15, 0.2) is 52.1 Å². The molecule has 3 rings (SSSR count). The van der Waals surface area contributed by atoms with Gasteiger partial charge in [-0.15, -0.1) is 0 Å². The van der Waals surface area contributed by atoms with Crippen molar-refractivity contribution in [1.29, 1.82) is 0 Å². The Morgan fingerprint density at radius 3 is 2.61 bits per heavy atom. The maximum Gasteiger partial charge on any atom is 0.191 e. The molecule has 152 valence electrons. The monoisotopic (exact) mass is 404 g/mol. The second-order valence-electron chi connectivity index (χ2n) is 6.94. The van der Waals surface area contributed by atoms with Gasteiger partial charge in [-0.1, -0.05) is 23.7 Å². The highest BCUT2D eigenvalue weighted by Crippen LogP contribution is 2.25. The van der Waals surface area contributed by atoms with E-state index in [1.165, 1.54) is 12.8 Å². The second-order valence-corrected chi connectivity index (χ2v) is 7.38. The van der Waals surface area contributed by atoms with Gasteiger partial charge < -0.3 is 20.2 Å². The number of halogens is 1. The molecule has 2 atom stereocenters. The number of hydrogen-bond donors (Lipinski definition) is 3. The van der Waals surface area contributed by atoms with Gasteiger partial charge in [-0.25, -0.2) is 0 Å². The SMILES string of the molecule is CCNC(=NCC(c1ccco1)N1CCCC1)NCC(O)c1ccc(Cl)cc1. The highest BCUT2D eigenvalue weighted by molar-refractivity contribution is 6.30. The third-order valence-electron chi connectivity index (χ3n) is 4.94. The number of aliphatic imine (C=N–C) groups is 1. The quantitative estimate of drug-likeness (QED) is 0.464. The second kappa shape index (κ2) is 10.5. The van der Waals surface area contributed by atoms with Crippen molar-refractivity contribution < 1.29 is 9.52 Å². The van der Waals surface area contributed by atoms with Crippen LogP contribution in [-0.2, 0) is 0 Å². The molecule has 0 amide bonds. The normalized spacial score (nSPS) is 17.5. The van der Waals surface area contributed by atoms with Crippen LogP contribution in [-0.4, -0.2) is 48.7 Å². The van der Waals surface area contributed by atoms with Gasteiger partial charge in [0.05, 0.1) is 25.0 Å². The fraction of sp³-hybridized carbons (Fsp3) is 0.476. The van der Waals surface area contributed by atoms with Crippen LogP contribution in [0.25, 0.3) is 0 Å². The molecule has 6 nitrogen and oxygen atoms in total. The van der Waals surface area contributed by atoms with E-state index in [9.17, 15) is 5.11 Å². The van der Waals surface area contributed by atoms with Gasteiger partial charge in [-0.05, 0) is 62.7 Å². The molecule has 1 saturated heterocycles. The van der Waals surface area contributed by atoms with Crippen molar-refractivity contribution in [3.63, 3.8) is 0 Å². The molecule has 2 aromatic rings. The van der Waals surface area contributed by atoms with Crippen LogP contribution in [0.3, 0.4) is 0 Å². The number of furan rings is 1. The summed E-state index contributed by atoms with van der Waals surface area (Å²) in [5.74, 6) is 1.63. The molecule has 1 aliphatic rings. The molecule has 0 spiro atoms. The van der Waals surface area contributed by atoms with E-state index in [1.54, 1.807) is 18.4 Å². The molecule has 0 radical (unpaired) electrons. The number of aliphatic hydroxyl groups is 1. The summed E-state index contributed by atoms with van der Waals surface area (Å²) in [6.45, 7) is 5.87. The maximum atomic E-state index is 10.4. The van der Waals surface area contributed by atoms with Crippen LogP contribution >= 0.6 is 11.6 Å². The van der Waals surface area contributed by atoms with E-state index in [-0.39, 0.29) is 6.04 Å². The molecule has 3 N–H and O–H groups in total. The van der Waals surface area contributed by atoms with Crippen molar-refractivity contribution in [3.05, 3.63) is 59.0 Å². The van der Waals surface area contributed by atoms with Gasteiger partial charge in [-0.2, -0.15) is 0 Å². The maximum absolute atomic E-state index is 10.4. The number of hydrogen-bond acceptors (Lipinski definition) is 4. The summed E-state index contributed by atoms with van der Waals surface area (Å²) in [7, 11) is 0. The lowest BCUT2D eigenvalue weighted by Crippen LogP contribution is -2.40. The van der Waals surface area contributed by atoms with Crippen molar-refractivity contribution in [2.75, 3.05) is 32.7 Å². The van der Waals surface area contributed by atoms with E-state index in [4.69, 9.17) is 21.0 Å². The molecular formula is C21H29ClN4O2. The molecule has 2 unspecified atom stereocenters. The number of aliphatic hydroxyl groups excluding tert-OH is 1. The van der Waals surface area contributed by atoms with Gasteiger partial charge in [0.25, 0.3) is 0 Å². The third kappa shape index (κ3) is 5.74. The van der Waals surface area contributed by atoms with Crippen molar-refractivity contribution in [2.45, 2.75) is 31.9 Å². The van der Waals surface area contributed by atoms with Crippen LogP contribution in [0.4, 0.5) is 0 Å². The standard InChI is InChI=1S/C21H29ClN4O2/c1-2-23-21(25-15-19(27)16-7-9-17(22)10-8-16)24-14-18(20-6-5-13-28-20)26-11-3-4-12-26/h5-10,13,18-19,27H,2-4,11-12,14-15H2,1H3,(H2,23,24,25). The molecule has 0 bridgehead atoms. The zero-order chi connectivity index (χ0) is 19.8. The minimum absolute atomic E-state index is 0.133. The van der Waals surface area contributed by atoms with Crippen LogP contribution in [0, 0.1) is 0 Å². The van der Waals surface area contributed by atoms with Crippen molar-refractivity contribution in [2.24, 2.45) is 4.99 Å². The summed E-state index contributed by atoms with van der Waals surface area (Å²) in [6, 6.07) is 11.3. The van der Waals surface area contributed by atoms with E-state index in [0.29, 0.717) is 24.1 Å². The summed E-state index contributed by atoms with van der Waals surface area (Å²) in [5.41, 5.74) is 0.818. The third-order valence-corrected chi connectivity index (χ3v) is 5.19. The summed E-state index contributed by atoms with van der Waals surface area (Å²) < 4.78 is 5.66. The van der Waals surface area contributed by atoms with Crippen molar-refractivity contribution >= 4 is 17.6 Å². The number of nitrogens with zero attached hydrogens (tertiary/aromatic N) is 2. The molecule has 1 aliphatic heterocycles. The molecule has 1 aromatic heterocycles. The first kappa shape index (κ1) is 20.7. The van der Waals surface area contributed by atoms with E-state index >= 15 is 0 Å². The minimum Gasteiger partial charge on any atom is -0.468 e. The lowest BCUT2D eigenvalue weighted by molar-refractivity contribution is 0.180. The predicted octanol–water partition coefficient (Wildman–Crippen LogP) is 3.36. The van der Waals surface area contributed by atoms with Gasteiger partial charge in [0.1, 0.15) is 5.76 Å². The smallest absolute Gasteiger partial charge is 0.191 e. The average Bonchev–Trinajstić information content (AvgIpc) is 3.41. The Kier molecular flexibility index (Phi) is 7.77. The van der Waals surface area contributed by atoms with Crippen LogP contribution in [0.1, 0.15) is 43.2 Å². The van der Waals surface area contributed by atoms with E-state index < -0.39 is 6.10 Å². The molecule has 2 heterocycles. The van der Waals surface area contributed by atoms with Gasteiger partial charge >= 0.3 is 0 Å². The summed E-state index contributed by atoms with van der Waals surface area (Å²) in [4.78, 5) is 7.18. The van der Waals surface area contributed by atoms with Gasteiger partial charge in [0.2, 0.25) is 0 Å².